The zero-order chi connectivity index (χ0) is 19.0. The van der Waals surface area contributed by atoms with Crippen LogP contribution in [-0.2, 0) is 11.3 Å². The van der Waals surface area contributed by atoms with Gasteiger partial charge in [0, 0.05) is 45.9 Å². The van der Waals surface area contributed by atoms with Crippen LogP contribution in [0.4, 0.5) is 0 Å². The number of hydrogen-bond acceptors (Lipinski definition) is 4. The van der Waals surface area contributed by atoms with Crippen molar-refractivity contribution in [3.63, 3.8) is 0 Å². The molecule has 2 rings (SSSR count). The number of rotatable bonds is 7. The summed E-state index contributed by atoms with van der Waals surface area (Å²) >= 11 is 0. The maximum Gasteiger partial charge on any atom is 0.193 e. The van der Waals surface area contributed by atoms with Crippen LogP contribution in [0.5, 0.6) is 5.75 Å². The number of hydrogen-bond donors (Lipinski definition) is 1. The second-order valence-corrected chi connectivity index (χ2v) is 7.06. The van der Waals surface area contributed by atoms with Gasteiger partial charge in [0.25, 0.3) is 0 Å². The van der Waals surface area contributed by atoms with Crippen LogP contribution in [0.1, 0.15) is 25.3 Å². The lowest BCUT2D eigenvalue weighted by Gasteiger charge is -2.43. The topological polar surface area (TPSA) is 49.3 Å². The quantitative estimate of drug-likeness (QED) is 0.362. The first-order valence-corrected chi connectivity index (χ1v) is 9.39. The average molecular weight is 490 g/mol. The van der Waals surface area contributed by atoms with Crippen molar-refractivity contribution in [3.05, 3.63) is 29.8 Å². The third kappa shape index (κ3) is 6.80. The summed E-state index contributed by atoms with van der Waals surface area (Å²) in [5, 5.41) is 3.57. The maximum absolute atomic E-state index is 5.56. The highest BCUT2D eigenvalue weighted by atomic mass is 127. The summed E-state index contributed by atoms with van der Waals surface area (Å²) in [7, 11) is 8.21. The zero-order valence-corrected chi connectivity index (χ0v) is 19.7. The summed E-state index contributed by atoms with van der Waals surface area (Å²) in [5.74, 6) is 1.82. The van der Waals surface area contributed by atoms with E-state index >= 15 is 0 Å². The number of aliphatic imine (C=N–C) groups is 1. The molecule has 0 bridgehead atoms. The average Bonchev–Trinajstić information content (AvgIpc) is 2.64. The van der Waals surface area contributed by atoms with Crippen LogP contribution in [0.3, 0.4) is 0 Å². The predicted molar refractivity (Wildman–Crippen MR) is 122 cm³/mol. The van der Waals surface area contributed by atoms with E-state index in [2.05, 4.69) is 53.4 Å². The van der Waals surface area contributed by atoms with Crippen molar-refractivity contribution >= 4 is 29.9 Å². The standard InChI is InChI=1S/C20H34N4O2.HI/c1-6-26-18-9-7-17(8-10-18)15-24(5)19(21-2)22-16-20(23(3)4)11-13-25-14-12-20;/h7-10H,6,11-16H2,1-5H3,(H,21,22);1H. The smallest absolute Gasteiger partial charge is 0.193 e. The second-order valence-electron chi connectivity index (χ2n) is 7.06. The first kappa shape index (κ1) is 24.0. The molecule has 0 spiro atoms. The molecule has 1 aliphatic heterocycles. The van der Waals surface area contributed by atoms with Crippen LogP contribution in [-0.4, -0.2) is 75.9 Å². The van der Waals surface area contributed by atoms with Gasteiger partial charge in [-0.2, -0.15) is 0 Å². The highest BCUT2D eigenvalue weighted by Gasteiger charge is 2.35. The zero-order valence-electron chi connectivity index (χ0n) is 17.3. The molecule has 27 heavy (non-hydrogen) atoms. The number of halogens is 1. The monoisotopic (exact) mass is 490 g/mol. The molecule has 0 radical (unpaired) electrons. The minimum absolute atomic E-state index is 0. The summed E-state index contributed by atoms with van der Waals surface area (Å²) in [6.07, 6.45) is 2.07. The fourth-order valence-corrected chi connectivity index (χ4v) is 3.37. The van der Waals surface area contributed by atoms with Crippen molar-refractivity contribution in [2.75, 3.05) is 54.6 Å². The third-order valence-corrected chi connectivity index (χ3v) is 5.18. The number of guanidine groups is 1. The van der Waals surface area contributed by atoms with Crippen LogP contribution in [0.2, 0.25) is 0 Å². The van der Waals surface area contributed by atoms with Crippen LogP contribution in [0.25, 0.3) is 0 Å². The van der Waals surface area contributed by atoms with Gasteiger partial charge in [0.15, 0.2) is 5.96 Å². The Morgan fingerprint density at radius 2 is 1.81 bits per heavy atom. The van der Waals surface area contributed by atoms with Crippen molar-refractivity contribution in [1.82, 2.24) is 15.1 Å². The highest BCUT2D eigenvalue weighted by molar-refractivity contribution is 14.0. The number of ether oxygens (including phenoxy) is 2. The molecule has 1 aromatic rings. The molecule has 7 heteroatoms. The highest BCUT2D eigenvalue weighted by Crippen LogP contribution is 2.25. The summed E-state index contributed by atoms with van der Waals surface area (Å²) in [6.45, 7) is 5.99. The van der Waals surface area contributed by atoms with E-state index in [0.29, 0.717) is 6.61 Å². The van der Waals surface area contributed by atoms with Gasteiger partial charge in [-0.25, -0.2) is 0 Å². The first-order valence-electron chi connectivity index (χ1n) is 9.39. The van der Waals surface area contributed by atoms with Gasteiger partial charge in [0.1, 0.15) is 5.75 Å². The molecule has 0 amide bonds. The number of likely N-dealkylation sites (N-methyl/N-ethyl adjacent to an activating group) is 1. The molecule has 0 saturated carbocycles. The van der Waals surface area contributed by atoms with Gasteiger partial charge in [-0.3, -0.25) is 4.99 Å². The van der Waals surface area contributed by atoms with E-state index in [9.17, 15) is 0 Å². The molecule has 1 aromatic carbocycles. The van der Waals surface area contributed by atoms with E-state index in [-0.39, 0.29) is 29.5 Å². The first-order chi connectivity index (χ1) is 12.5. The Morgan fingerprint density at radius 1 is 1.19 bits per heavy atom. The van der Waals surface area contributed by atoms with Gasteiger partial charge in [-0.1, -0.05) is 12.1 Å². The number of nitrogens with zero attached hydrogens (tertiary/aromatic N) is 3. The van der Waals surface area contributed by atoms with E-state index in [0.717, 1.165) is 50.9 Å². The molecule has 1 fully saturated rings. The Bertz CT molecular complexity index is 572. The molecule has 6 nitrogen and oxygen atoms in total. The Morgan fingerprint density at radius 3 is 2.33 bits per heavy atom. The summed E-state index contributed by atoms with van der Waals surface area (Å²) in [6, 6.07) is 8.25. The number of benzene rings is 1. The summed E-state index contributed by atoms with van der Waals surface area (Å²) < 4.78 is 11.1. The molecule has 154 valence electrons. The maximum atomic E-state index is 5.56. The predicted octanol–water partition coefficient (Wildman–Crippen LogP) is 2.82. The van der Waals surface area contributed by atoms with Gasteiger partial charge in [0.2, 0.25) is 0 Å². The molecule has 1 saturated heterocycles. The summed E-state index contributed by atoms with van der Waals surface area (Å²) in [5.41, 5.74) is 1.35. The molecule has 1 aliphatic rings. The fourth-order valence-electron chi connectivity index (χ4n) is 3.37. The fraction of sp³-hybridized carbons (Fsp3) is 0.650. The van der Waals surface area contributed by atoms with E-state index in [1.54, 1.807) is 0 Å². The molecular weight excluding hydrogens is 455 g/mol. The van der Waals surface area contributed by atoms with Crippen LogP contribution in [0.15, 0.2) is 29.3 Å². The van der Waals surface area contributed by atoms with Gasteiger partial charge in [-0.15, -0.1) is 24.0 Å². The van der Waals surface area contributed by atoms with Gasteiger partial charge in [-0.05, 0) is 51.6 Å². The van der Waals surface area contributed by atoms with Crippen molar-refractivity contribution < 1.29 is 9.47 Å². The molecule has 0 aliphatic carbocycles. The molecule has 0 unspecified atom stereocenters. The van der Waals surface area contributed by atoms with Gasteiger partial charge < -0.3 is 24.6 Å². The lowest BCUT2D eigenvalue weighted by molar-refractivity contribution is -0.00522. The van der Waals surface area contributed by atoms with E-state index in [1.165, 1.54) is 5.56 Å². The van der Waals surface area contributed by atoms with Crippen LogP contribution >= 0.6 is 24.0 Å². The normalized spacial score (nSPS) is 16.6. The Balaban J connectivity index is 0.00000364. The molecular formula is C20H35IN4O2. The largest absolute Gasteiger partial charge is 0.494 e. The Kier molecular flexibility index (Phi) is 10.4. The summed E-state index contributed by atoms with van der Waals surface area (Å²) in [4.78, 5) is 8.94. The van der Waals surface area contributed by atoms with E-state index in [4.69, 9.17) is 9.47 Å². The van der Waals surface area contributed by atoms with Crippen molar-refractivity contribution in [2.45, 2.75) is 31.8 Å². The molecule has 0 aromatic heterocycles. The van der Waals surface area contributed by atoms with E-state index in [1.807, 2.05) is 26.1 Å². The van der Waals surface area contributed by atoms with Crippen molar-refractivity contribution in [1.29, 1.82) is 0 Å². The molecule has 1 N–H and O–H groups in total. The van der Waals surface area contributed by atoms with Crippen molar-refractivity contribution in [2.24, 2.45) is 4.99 Å². The SMILES string of the molecule is CCOc1ccc(CN(C)C(=NC)NCC2(N(C)C)CCOCC2)cc1.I. The third-order valence-electron chi connectivity index (χ3n) is 5.18. The minimum Gasteiger partial charge on any atom is -0.494 e. The van der Waals surface area contributed by atoms with E-state index < -0.39 is 0 Å². The van der Waals surface area contributed by atoms with Crippen LogP contribution in [0, 0.1) is 0 Å². The lowest BCUT2D eigenvalue weighted by atomic mass is 9.88. The Labute approximate surface area is 181 Å². The Hall–Kier alpha value is -1.06. The van der Waals surface area contributed by atoms with Gasteiger partial charge >= 0.3 is 0 Å². The lowest BCUT2D eigenvalue weighted by Crippen LogP contribution is -2.57. The molecule has 1 heterocycles. The second kappa shape index (κ2) is 11.7. The number of nitrogens with one attached hydrogen (secondary N) is 1. The van der Waals surface area contributed by atoms with Gasteiger partial charge in [0.05, 0.1) is 6.61 Å². The minimum atomic E-state index is 0. The molecule has 0 atom stereocenters. The van der Waals surface area contributed by atoms with Crippen molar-refractivity contribution in [3.8, 4) is 5.75 Å². The van der Waals surface area contributed by atoms with Crippen LogP contribution < -0.4 is 10.1 Å².